The molecule has 3 nitrogen and oxygen atoms in total. The summed E-state index contributed by atoms with van der Waals surface area (Å²) in [6.07, 6.45) is 8.52. The summed E-state index contributed by atoms with van der Waals surface area (Å²) >= 11 is 0. The number of nitrogens with one attached hydrogen (secondary N) is 1. The van der Waals surface area contributed by atoms with Gasteiger partial charge in [-0.3, -0.25) is 0 Å². The van der Waals surface area contributed by atoms with E-state index in [1.807, 2.05) is 0 Å². The predicted octanol–water partition coefficient (Wildman–Crippen LogP) is 2.02. The molecule has 1 aliphatic heterocycles. The van der Waals surface area contributed by atoms with Crippen molar-refractivity contribution in [1.82, 2.24) is 10.2 Å². The molecule has 2 unspecified atom stereocenters. The second-order valence-corrected chi connectivity index (χ2v) is 5.70. The van der Waals surface area contributed by atoms with E-state index in [4.69, 9.17) is 4.74 Å². The topological polar surface area (TPSA) is 24.5 Å². The molecule has 1 aliphatic carbocycles. The van der Waals surface area contributed by atoms with Gasteiger partial charge < -0.3 is 15.0 Å². The minimum absolute atomic E-state index is 0.419. The maximum absolute atomic E-state index is 5.62. The van der Waals surface area contributed by atoms with Crippen LogP contribution in [0.2, 0.25) is 0 Å². The molecule has 1 saturated carbocycles. The van der Waals surface area contributed by atoms with E-state index in [2.05, 4.69) is 24.2 Å². The van der Waals surface area contributed by atoms with Crippen molar-refractivity contribution in [1.29, 1.82) is 0 Å². The Morgan fingerprint density at radius 1 is 1.24 bits per heavy atom. The average molecular weight is 240 g/mol. The van der Waals surface area contributed by atoms with Crippen LogP contribution in [0.25, 0.3) is 0 Å². The molecule has 1 saturated heterocycles. The Morgan fingerprint density at radius 3 is 2.65 bits per heavy atom. The standard InChI is InChI=1S/C14H28N2O/c1-12-14(8-11-17-12)16(2)10-5-9-15-13-6-3-4-7-13/h12-15H,3-11H2,1-2H3. The molecule has 0 amide bonds. The second kappa shape index (κ2) is 6.72. The van der Waals surface area contributed by atoms with Crippen LogP contribution in [0.4, 0.5) is 0 Å². The quantitative estimate of drug-likeness (QED) is 0.719. The van der Waals surface area contributed by atoms with Crippen molar-refractivity contribution in [2.75, 3.05) is 26.7 Å². The van der Waals surface area contributed by atoms with Crippen LogP contribution in [0, 0.1) is 0 Å². The fourth-order valence-corrected chi connectivity index (χ4v) is 3.23. The van der Waals surface area contributed by atoms with Crippen molar-refractivity contribution in [2.45, 2.75) is 63.6 Å². The number of hydrogen-bond acceptors (Lipinski definition) is 3. The maximum atomic E-state index is 5.62. The number of ether oxygens (including phenoxy) is 1. The zero-order chi connectivity index (χ0) is 12.1. The van der Waals surface area contributed by atoms with Crippen LogP contribution < -0.4 is 5.32 Å². The summed E-state index contributed by atoms with van der Waals surface area (Å²) in [5.41, 5.74) is 0. The molecular weight excluding hydrogens is 212 g/mol. The summed E-state index contributed by atoms with van der Waals surface area (Å²) in [5.74, 6) is 0. The first-order chi connectivity index (χ1) is 8.27. The van der Waals surface area contributed by atoms with Crippen molar-refractivity contribution in [3.63, 3.8) is 0 Å². The normalized spacial score (nSPS) is 30.5. The van der Waals surface area contributed by atoms with E-state index in [9.17, 15) is 0 Å². The Balaban J connectivity index is 1.54. The Kier molecular flexibility index (Phi) is 5.26. The van der Waals surface area contributed by atoms with Crippen molar-refractivity contribution in [3.05, 3.63) is 0 Å². The number of nitrogens with zero attached hydrogens (tertiary/aromatic N) is 1. The third kappa shape index (κ3) is 3.94. The Hall–Kier alpha value is -0.120. The molecule has 1 heterocycles. The molecule has 0 spiro atoms. The van der Waals surface area contributed by atoms with Crippen LogP contribution in [0.5, 0.6) is 0 Å². The fraction of sp³-hybridized carbons (Fsp3) is 1.00. The van der Waals surface area contributed by atoms with Gasteiger partial charge in [0.05, 0.1) is 6.10 Å². The molecular formula is C14H28N2O. The van der Waals surface area contributed by atoms with E-state index in [-0.39, 0.29) is 0 Å². The summed E-state index contributed by atoms with van der Waals surface area (Å²) < 4.78 is 5.62. The van der Waals surface area contributed by atoms with Gasteiger partial charge in [-0.15, -0.1) is 0 Å². The molecule has 2 rings (SSSR count). The van der Waals surface area contributed by atoms with Crippen LogP contribution in [0.1, 0.15) is 45.4 Å². The molecule has 2 atom stereocenters. The highest BCUT2D eigenvalue weighted by Gasteiger charge is 2.27. The van der Waals surface area contributed by atoms with E-state index in [0.29, 0.717) is 12.1 Å². The Bertz CT molecular complexity index is 216. The summed E-state index contributed by atoms with van der Waals surface area (Å²) in [4.78, 5) is 2.48. The third-order valence-electron chi connectivity index (χ3n) is 4.38. The van der Waals surface area contributed by atoms with Crippen molar-refractivity contribution in [3.8, 4) is 0 Å². The lowest BCUT2D eigenvalue weighted by molar-refractivity contribution is 0.0833. The molecule has 0 aromatic heterocycles. The fourth-order valence-electron chi connectivity index (χ4n) is 3.23. The highest BCUT2D eigenvalue weighted by atomic mass is 16.5. The van der Waals surface area contributed by atoms with Gasteiger partial charge >= 0.3 is 0 Å². The van der Waals surface area contributed by atoms with Crippen LogP contribution in [-0.2, 0) is 4.74 Å². The minimum atomic E-state index is 0.419. The molecule has 0 radical (unpaired) electrons. The minimum Gasteiger partial charge on any atom is -0.377 e. The molecule has 1 N–H and O–H groups in total. The first kappa shape index (κ1) is 13.3. The van der Waals surface area contributed by atoms with Crippen molar-refractivity contribution in [2.24, 2.45) is 0 Å². The van der Waals surface area contributed by atoms with E-state index in [1.54, 1.807) is 0 Å². The van der Waals surface area contributed by atoms with Gasteiger partial charge in [-0.1, -0.05) is 12.8 Å². The van der Waals surface area contributed by atoms with Crippen LogP contribution in [-0.4, -0.2) is 49.8 Å². The number of hydrogen-bond donors (Lipinski definition) is 1. The molecule has 0 aromatic rings. The lowest BCUT2D eigenvalue weighted by Crippen LogP contribution is -2.38. The summed E-state index contributed by atoms with van der Waals surface area (Å²) in [7, 11) is 2.24. The first-order valence-corrected chi connectivity index (χ1v) is 7.32. The molecule has 17 heavy (non-hydrogen) atoms. The van der Waals surface area contributed by atoms with E-state index in [0.717, 1.165) is 12.6 Å². The molecule has 0 bridgehead atoms. The molecule has 0 aromatic carbocycles. The van der Waals surface area contributed by atoms with Crippen LogP contribution in [0.3, 0.4) is 0 Å². The average Bonchev–Trinajstić information content (AvgIpc) is 2.95. The smallest absolute Gasteiger partial charge is 0.0702 e. The van der Waals surface area contributed by atoms with E-state index < -0.39 is 0 Å². The zero-order valence-corrected chi connectivity index (χ0v) is 11.5. The summed E-state index contributed by atoms with van der Waals surface area (Å²) in [6, 6.07) is 1.45. The van der Waals surface area contributed by atoms with Gasteiger partial charge in [-0.25, -0.2) is 0 Å². The highest BCUT2D eigenvalue weighted by molar-refractivity contribution is 4.80. The number of likely N-dealkylation sites (N-methyl/N-ethyl adjacent to an activating group) is 1. The second-order valence-electron chi connectivity index (χ2n) is 5.70. The third-order valence-corrected chi connectivity index (χ3v) is 4.38. The zero-order valence-electron chi connectivity index (χ0n) is 11.5. The maximum Gasteiger partial charge on any atom is 0.0702 e. The first-order valence-electron chi connectivity index (χ1n) is 7.32. The molecule has 100 valence electrons. The predicted molar refractivity (Wildman–Crippen MR) is 71.3 cm³/mol. The highest BCUT2D eigenvalue weighted by Crippen LogP contribution is 2.19. The van der Waals surface area contributed by atoms with Gasteiger partial charge in [0.2, 0.25) is 0 Å². The van der Waals surface area contributed by atoms with Gasteiger partial charge in [0.15, 0.2) is 0 Å². The lowest BCUT2D eigenvalue weighted by atomic mass is 10.1. The molecule has 2 fully saturated rings. The molecule has 2 aliphatic rings. The van der Waals surface area contributed by atoms with Crippen molar-refractivity contribution < 1.29 is 4.74 Å². The van der Waals surface area contributed by atoms with E-state index >= 15 is 0 Å². The summed E-state index contributed by atoms with van der Waals surface area (Å²) in [5, 5.41) is 3.68. The summed E-state index contributed by atoms with van der Waals surface area (Å²) in [6.45, 7) is 5.51. The van der Waals surface area contributed by atoms with Crippen LogP contribution in [0.15, 0.2) is 0 Å². The van der Waals surface area contributed by atoms with Gasteiger partial charge in [0.25, 0.3) is 0 Å². The van der Waals surface area contributed by atoms with Gasteiger partial charge in [-0.2, -0.15) is 0 Å². The van der Waals surface area contributed by atoms with Gasteiger partial charge in [0.1, 0.15) is 0 Å². The van der Waals surface area contributed by atoms with Crippen LogP contribution >= 0.6 is 0 Å². The van der Waals surface area contributed by atoms with Crippen molar-refractivity contribution >= 4 is 0 Å². The Labute approximate surface area is 106 Å². The molecule has 3 heteroatoms. The van der Waals surface area contributed by atoms with Gasteiger partial charge in [0, 0.05) is 18.7 Å². The lowest BCUT2D eigenvalue weighted by Gasteiger charge is -2.26. The monoisotopic (exact) mass is 240 g/mol. The van der Waals surface area contributed by atoms with E-state index in [1.165, 1.54) is 51.6 Å². The largest absolute Gasteiger partial charge is 0.377 e. The number of rotatable bonds is 6. The van der Waals surface area contributed by atoms with Gasteiger partial charge in [-0.05, 0) is 52.7 Å². The SMILES string of the molecule is CC1OCCC1N(C)CCCNC1CCCC1. The Morgan fingerprint density at radius 2 is 2.00 bits per heavy atom.